The Bertz CT molecular complexity index is 1180. The van der Waals surface area contributed by atoms with E-state index in [-0.39, 0.29) is 5.91 Å². The molecule has 4 aromatic rings. The average Bonchev–Trinajstić information content (AvgIpc) is 3.11. The van der Waals surface area contributed by atoms with E-state index in [2.05, 4.69) is 67.1 Å². The Balaban J connectivity index is 1.58. The maximum atomic E-state index is 12.7. The number of para-hydroxylation sites is 3. The van der Waals surface area contributed by atoms with Gasteiger partial charge >= 0.3 is 0 Å². The Kier molecular flexibility index (Phi) is 5.91. The highest BCUT2D eigenvalue weighted by Gasteiger charge is 2.15. The molecule has 0 unspecified atom stereocenters. The molecule has 0 fully saturated rings. The molecule has 0 bridgehead atoms. The van der Waals surface area contributed by atoms with Gasteiger partial charge in [0.2, 0.25) is 5.91 Å². The number of thioether (sulfide) groups is 1. The van der Waals surface area contributed by atoms with Gasteiger partial charge in [-0.05, 0) is 48.7 Å². The number of nitrogens with zero attached hydrogens (tertiary/aromatic N) is 2. The van der Waals surface area contributed by atoms with E-state index in [9.17, 15) is 4.79 Å². The Morgan fingerprint density at radius 1 is 1.00 bits per heavy atom. The zero-order valence-electron chi connectivity index (χ0n) is 17.4. The third-order valence-electron chi connectivity index (χ3n) is 5.01. The molecule has 3 aromatic carbocycles. The van der Waals surface area contributed by atoms with Gasteiger partial charge in [-0.25, -0.2) is 4.98 Å². The van der Waals surface area contributed by atoms with Crippen molar-refractivity contribution in [2.75, 3.05) is 11.1 Å². The molecule has 1 heterocycles. The van der Waals surface area contributed by atoms with Crippen molar-refractivity contribution >= 4 is 34.4 Å². The van der Waals surface area contributed by atoms with Gasteiger partial charge in [0.15, 0.2) is 5.16 Å². The highest BCUT2D eigenvalue weighted by Crippen LogP contribution is 2.29. The number of aryl methyl sites for hydroxylation is 1. The van der Waals surface area contributed by atoms with Crippen molar-refractivity contribution in [3.8, 4) is 5.69 Å². The van der Waals surface area contributed by atoms with Crippen LogP contribution in [0, 0.1) is 6.92 Å². The van der Waals surface area contributed by atoms with Crippen LogP contribution >= 0.6 is 11.8 Å². The van der Waals surface area contributed by atoms with Crippen LogP contribution in [0.4, 0.5) is 5.69 Å². The number of imidazole rings is 1. The number of aromatic nitrogens is 2. The summed E-state index contributed by atoms with van der Waals surface area (Å²) in [5, 5.41) is 3.88. The van der Waals surface area contributed by atoms with E-state index in [1.54, 1.807) is 0 Å². The van der Waals surface area contributed by atoms with Crippen molar-refractivity contribution < 1.29 is 4.79 Å². The van der Waals surface area contributed by atoms with E-state index in [1.807, 2.05) is 36.4 Å². The molecule has 0 saturated heterocycles. The first-order valence-corrected chi connectivity index (χ1v) is 11.1. The second-order valence-electron chi connectivity index (χ2n) is 7.63. The molecule has 0 spiro atoms. The van der Waals surface area contributed by atoms with Crippen LogP contribution in [0.25, 0.3) is 16.7 Å². The predicted octanol–water partition coefficient (Wildman–Crippen LogP) is 6.19. The molecule has 0 radical (unpaired) electrons. The number of hydrogen-bond acceptors (Lipinski definition) is 3. The van der Waals surface area contributed by atoms with Crippen LogP contribution in [0.2, 0.25) is 0 Å². The van der Waals surface area contributed by atoms with E-state index in [0.717, 1.165) is 33.1 Å². The molecule has 1 N–H and O–H groups in total. The van der Waals surface area contributed by atoms with Crippen molar-refractivity contribution in [2.45, 2.75) is 31.8 Å². The Morgan fingerprint density at radius 2 is 1.70 bits per heavy atom. The number of anilines is 1. The summed E-state index contributed by atoms with van der Waals surface area (Å²) in [5.74, 6) is 0.609. The Labute approximate surface area is 181 Å². The summed E-state index contributed by atoms with van der Waals surface area (Å²) in [6, 6.07) is 24.4. The summed E-state index contributed by atoms with van der Waals surface area (Å²) in [6.07, 6.45) is 0. The van der Waals surface area contributed by atoms with Gasteiger partial charge in [0.1, 0.15) is 0 Å². The lowest BCUT2D eigenvalue weighted by Crippen LogP contribution is -2.16. The highest BCUT2D eigenvalue weighted by molar-refractivity contribution is 7.99. The second-order valence-corrected chi connectivity index (χ2v) is 8.58. The molecule has 4 rings (SSSR count). The fourth-order valence-electron chi connectivity index (χ4n) is 3.47. The molecule has 1 amide bonds. The van der Waals surface area contributed by atoms with Gasteiger partial charge in [-0.3, -0.25) is 9.36 Å². The normalized spacial score (nSPS) is 11.2. The van der Waals surface area contributed by atoms with Crippen LogP contribution in [-0.4, -0.2) is 21.2 Å². The van der Waals surface area contributed by atoms with Crippen molar-refractivity contribution in [3.63, 3.8) is 0 Å². The highest BCUT2D eigenvalue weighted by atomic mass is 32.2. The van der Waals surface area contributed by atoms with E-state index in [4.69, 9.17) is 4.98 Å². The third kappa shape index (κ3) is 4.26. The maximum absolute atomic E-state index is 12.7. The van der Waals surface area contributed by atoms with Crippen LogP contribution in [0.15, 0.2) is 78.0 Å². The maximum Gasteiger partial charge on any atom is 0.234 e. The number of amides is 1. The standard InChI is InChI=1S/C25H25N3OS/c1-17(2)20-8-4-5-9-21(20)26-24(29)16-30-25-27-22-10-6-7-11-23(22)28(25)19-14-12-18(3)13-15-19/h4-15,17H,16H2,1-3H3,(H,26,29). The number of carbonyl (C=O) groups excluding carboxylic acids is 1. The summed E-state index contributed by atoms with van der Waals surface area (Å²) >= 11 is 1.45. The molecule has 0 aliphatic carbocycles. The third-order valence-corrected chi connectivity index (χ3v) is 5.95. The summed E-state index contributed by atoms with van der Waals surface area (Å²) in [7, 11) is 0. The van der Waals surface area contributed by atoms with Crippen molar-refractivity contribution in [1.29, 1.82) is 0 Å². The quantitative estimate of drug-likeness (QED) is 0.382. The monoisotopic (exact) mass is 415 g/mol. The molecule has 0 aliphatic heterocycles. The number of benzene rings is 3. The SMILES string of the molecule is Cc1ccc(-n2c(SCC(=O)Nc3ccccc3C(C)C)nc3ccccc32)cc1. The number of carbonyl (C=O) groups is 1. The van der Waals surface area contributed by atoms with Crippen molar-refractivity contribution in [2.24, 2.45) is 0 Å². The van der Waals surface area contributed by atoms with Gasteiger partial charge in [0, 0.05) is 11.4 Å². The first kappa shape index (κ1) is 20.2. The number of hydrogen-bond donors (Lipinski definition) is 1. The lowest BCUT2D eigenvalue weighted by atomic mass is 10.0. The van der Waals surface area contributed by atoms with Crippen molar-refractivity contribution in [1.82, 2.24) is 9.55 Å². The smallest absolute Gasteiger partial charge is 0.234 e. The molecule has 0 saturated carbocycles. The number of nitrogens with one attached hydrogen (secondary N) is 1. The largest absolute Gasteiger partial charge is 0.325 e. The van der Waals surface area contributed by atoms with Gasteiger partial charge in [-0.2, -0.15) is 0 Å². The number of fused-ring (bicyclic) bond motifs is 1. The Hall–Kier alpha value is -3.05. The van der Waals surface area contributed by atoms with Crippen LogP contribution in [0.1, 0.15) is 30.9 Å². The molecule has 30 heavy (non-hydrogen) atoms. The average molecular weight is 416 g/mol. The number of rotatable bonds is 6. The fraction of sp³-hybridized carbons (Fsp3) is 0.200. The summed E-state index contributed by atoms with van der Waals surface area (Å²) in [4.78, 5) is 17.5. The zero-order chi connectivity index (χ0) is 21.1. The minimum Gasteiger partial charge on any atom is -0.325 e. The minimum atomic E-state index is -0.0318. The van der Waals surface area contributed by atoms with Gasteiger partial charge in [0.25, 0.3) is 0 Å². The van der Waals surface area contributed by atoms with Gasteiger partial charge in [-0.1, -0.05) is 73.6 Å². The molecular formula is C25H25N3OS. The summed E-state index contributed by atoms with van der Waals surface area (Å²) in [5.41, 5.74) is 6.23. The fourth-order valence-corrected chi connectivity index (χ4v) is 4.30. The van der Waals surface area contributed by atoms with Crippen molar-refractivity contribution in [3.05, 3.63) is 83.9 Å². The summed E-state index contributed by atoms with van der Waals surface area (Å²) in [6.45, 7) is 6.33. The molecular weight excluding hydrogens is 390 g/mol. The van der Waals surface area contributed by atoms with E-state index < -0.39 is 0 Å². The van der Waals surface area contributed by atoms with Gasteiger partial charge in [-0.15, -0.1) is 0 Å². The van der Waals surface area contributed by atoms with Gasteiger partial charge < -0.3 is 5.32 Å². The van der Waals surface area contributed by atoms with E-state index in [1.165, 1.54) is 17.3 Å². The van der Waals surface area contributed by atoms with Crippen LogP contribution in [0.5, 0.6) is 0 Å². The predicted molar refractivity (Wildman–Crippen MR) is 126 cm³/mol. The molecule has 5 heteroatoms. The second kappa shape index (κ2) is 8.76. The minimum absolute atomic E-state index is 0.0318. The van der Waals surface area contributed by atoms with E-state index in [0.29, 0.717) is 11.7 Å². The topological polar surface area (TPSA) is 46.9 Å². The first-order valence-electron chi connectivity index (χ1n) is 10.1. The zero-order valence-corrected chi connectivity index (χ0v) is 18.2. The van der Waals surface area contributed by atoms with Crippen LogP contribution in [0.3, 0.4) is 0 Å². The lowest BCUT2D eigenvalue weighted by molar-refractivity contribution is -0.113. The lowest BCUT2D eigenvalue weighted by Gasteiger charge is -2.13. The van der Waals surface area contributed by atoms with Gasteiger partial charge in [0.05, 0.1) is 16.8 Å². The molecule has 0 aliphatic rings. The Morgan fingerprint density at radius 3 is 2.47 bits per heavy atom. The molecule has 0 atom stereocenters. The molecule has 1 aromatic heterocycles. The molecule has 152 valence electrons. The van der Waals surface area contributed by atoms with E-state index >= 15 is 0 Å². The first-order chi connectivity index (χ1) is 14.5. The summed E-state index contributed by atoms with van der Waals surface area (Å²) < 4.78 is 2.12. The molecule has 4 nitrogen and oxygen atoms in total. The van der Waals surface area contributed by atoms with Crippen LogP contribution in [-0.2, 0) is 4.79 Å². The van der Waals surface area contributed by atoms with Crippen LogP contribution < -0.4 is 5.32 Å².